The molecule has 0 radical (unpaired) electrons. The molecule has 19 heavy (non-hydrogen) atoms. The molecule has 0 spiro atoms. The first-order valence-electron chi connectivity index (χ1n) is 6.85. The van der Waals surface area contributed by atoms with Crippen LogP contribution < -0.4 is 0 Å². The molecule has 1 aliphatic carbocycles. The van der Waals surface area contributed by atoms with E-state index in [0.717, 1.165) is 35.3 Å². The van der Waals surface area contributed by atoms with Crippen LogP contribution in [-0.4, -0.2) is 29.6 Å². The van der Waals surface area contributed by atoms with E-state index in [-0.39, 0.29) is 5.91 Å². The highest BCUT2D eigenvalue weighted by molar-refractivity contribution is 8.00. The zero-order chi connectivity index (χ0) is 13.7. The molecular formula is C15H20ClNOS. The SMILES string of the molecule is CCCN(CC1CC1)C(=O)CSc1ccccc1Cl. The van der Waals surface area contributed by atoms with Crippen LogP contribution in [0.1, 0.15) is 26.2 Å². The summed E-state index contributed by atoms with van der Waals surface area (Å²) >= 11 is 7.63. The van der Waals surface area contributed by atoms with Gasteiger partial charge in [0.15, 0.2) is 0 Å². The van der Waals surface area contributed by atoms with Crippen molar-refractivity contribution < 1.29 is 4.79 Å². The van der Waals surface area contributed by atoms with Crippen LogP contribution in [0.4, 0.5) is 0 Å². The summed E-state index contributed by atoms with van der Waals surface area (Å²) in [6.45, 7) is 3.93. The largest absolute Gasteiger partial charge is 0.342 e. The Morgan fingerprint density at radius 3 is 2.79 bits per heavy atom. The number of halogens is 1. The lowest BCUT2D eigenvalue weighted by Crippen LogP contribution is -2.34. The normalized spacial score (nSPS) is 14.4. The van der Waals surface area contributed by atoms with Gasteiger partial charge >= 0.3 is 0 Å². The van der Waals surface area contributed by atoms with Crippen LogP contribution >= 0.6 is 23.4 Å². The van der Waals surface area contributed by atoms with Gasteiger partial charge in [-0.15, -0.1) is 11.8 Å². The summed E-state index contributed by atoms with van der Waals surface area (Å²) in [7, 11) is 0. The Bertz CT molecular complexity index is 434. The first kappa shape index (κ1) is 14.7. The second-order valence-electron chi connectivity index (χ2n) is 5.00. The van der Waals surface area contributed by atoms with Crippen molar-refractivity contribution in [2.24, 2.45) is 5.92 Å². The van der Waals surface area contributed by atoms with E-state index in [4.69, 9.17) is 11.6 Å². The van der Waals surface area contributed by atoms with E-state index < -0.39 is 0 Å². The van der Waals surface area contributed by atoms with Gasteiger partial charge in [0.1, 0.15) is 0 Å². The quantitative estimate of drug-likeness (QED) is 0.707. The molecule has 1 fully saturated rings. The van der Waals surface area contributed by atoms with Crippen molar-refractivity contribution in [3.05, 3.63) is 29.3 Å². The van der Waals surface area contributed by atoms with Gasteiger partial charge in [-0.05, 0) is 37.3 Å². The molecule has 0 aromatic heterocycles. The van der Waals surface area contributed by atoms with Gasteiger partial charge in [0.2, 0.25) is 5.91 Å². The molecule has 0 N–H and O–H groups in total. The van der Waals surface area contributed by atoms with Crippen molar-refractivity contribution in [3.63, 3.8) is 0 Å². The molecule has 0 saturated heterocycles. The lowest BCUT2D eigenvalue weighted by atomic mass is 10.3. The predicted molar refractivity (Wildman–Crippen MR) is 81.8 cm³/mol. The molecule has 0 unspecified atom stereocenters. The molecule has 1 aromatic carbocycles. The Hall–Kier alpha value is -0.670. The van der Waals surface area contributed by atoms with Crippen molar-refractivity contribution in [2.75, 3.05) is 18.8 Å². The lowest BCUT2D eigenvalue weighted by molar-refractivity contribution is -0.128. The number of rotatable bonds is 7. The van der Waals surface area contributed by atoms with E-state index in [9.17, 15) is 4.79 Å². The van der Waals surface area contributed by atoms with Crippen molar-refractivity contribution in [3.8, 4) is 0 Å². The monoisotopic (exact) mass is 297 g/mol. The van der Waals surface area contributed by atoms with Gasteiger partial charge in [0.25, 0.3) is 0 Å². The second kappa shape index (κ2) is 7.20. The van der Waals surface area contributed by atoms with Crippen molar-refractivity contribution in [1.82, 2.24) is 4.90 Å². The molecule has 4 heteroatoms. The fourth-order valence-electron chi connectivity index (χ4n) is 1.99. The molecule has 1 amide bonds. The zero-order valence-electron chi connectivity index (χ0n) is 11.3. The fourth-order valence-corrected chi connectivity index (χ4v) is 3.13. The van der Waals surface area contributed by atoms with E-state index in [0.29, 0.717) is 5.75 Å². The number of thioether (sulfide) groups is 1. The minimum Gasteiger partial charge on any atom is -0.342 e. The van der Waals surface area contributed by atoms with Crippen LogP contribution in [0.25, 0.3) is 0 Å². The van der Waals surface area contributed by atoms with Crippen molar-refractivity contribution >= 4 is 29.3 Å². The average molecular weight is 298 g/mol. The molecule has 1 saturated carbocycles. The summed E-state index contributed by atoms with van der Waals surface area (Å²) in [5.41, 5.74) is 0. The molecule has 0 atom stereocenters. The summed E-state index contributed by atoms with van der Waals surface area (Å²) < 4.78 is 0. The third kappa shape index (κ3) is 4.73. The molecule has 0 bridgehead atoms. The highest BCUT2D eigenvalue weighted by Crippen LogP contribution is 2.31. The first-order chi connectivity index (χ1) is 9.20. The maximum Gasteiger partial charge on any atom is 0.232 e. The smallest absolute Gasteiger partial charge is 0.232 e. The number of carbonyl (C=O) groups is 1. The van der Waals surface area contributed by atoms with E-state index in [1.54, 1.807) is 0 Å². The number of amides is 1. The number of nitrogens with zero attached hydrogens (tertiary/aromatic N) is 1. The average Bonchev–Trinajstić information content (AvgIpc) is 3.21. The van der Waals surface area contributed by atoms with Crippen LogP contribution in [0.15, 0.2) is 29.2 Å². The summed E-state index contributed by atoms with van der Waals surface area (Å²) in [6.07, 6.45) is 3.59. The summed E-state index contributed by atoms with van der Waals surface area (Å²) in [5.74, 6) is 1.47. The van der Waals surface area contributed by atoms with Gasteiger partial charge < -0.3 is 4.90 Å². The van der Waals surface area contributed by atoms with Crippen molar-refractivity contribution in [2.45, 2.75) is 31.1 Å². The van der Waals surface area contributed by atoms with E-state index >= 15 is 0 Å². The third-order valence-corrected chi connectivity index (χ3v) is 4.71. The summed E-state index contributed by atoms with van der Waals surface area (Å²) in [6, 6.07) is 7.69. The number of benzene rings is 1. The Kier molecular flexibility index (Phi) is 5.59. The minimum absolute atomic E-state index is 0.235. The van der Waals surface area contributed by atoms with Gasteiger partial charge in [-0.2, -0.15) is 0 Å². The lowest BCUT2D eigenvalue weighted by Gasteiger charge is -2.22. The number of hydrogen-bond donors (Lipinski definition) is 0. The molecule has 0 aliphatic heterocycles. The number of hydrogen-bond acceptors (Lipinski definition) is 2. The van der Waals surface area contributed by atoms with Crippen molar-refractivity contribution in [1.29, 1.82) is 0 Å². The summed E-state index contributed by atoms with van der Waals surface area (Å²) in [5, 5.41) is 0.726. The molecule has 104 valence electrons. The van der Waals surface area contributed by atoms with Gasteiger partial charge in [-0.3, -0.25) is 4.79 Å². The zero-order valence-corrected chi connectivity index (χ0v) is 12.8. The van der Waals surface area contributed by atoms with Gasteiger partial charge in [-0.1, -0.05) is 30.7 Å². The first-order valence-corrected chi connectivity index (χ1v) is 8.22. The Morgan fingerprint density at radius 2 is 2.16 bits per heavy atom. The Balaban J connectivity index is 1.85. The highest BCUT2D eigenvalue weighted by Gasteiger charge is 2.26. The van der Waals surface area contributed by atoms with Crippen LogP contribution in [-0.2, 0) is 4.79 Å². The van der Waals surface area contributed by atoms with Crippen LogP contribution in [0.2, 0.25) is 5.02 Å². The van der Waals surface area contributed by atoms with E-state index in [1.165, 1.54) is 24.6 Å². The minimum atomic E-state index is 0.235. The standard InChI is InChI=1S/C15H20ClNOS/c1-2-9-17(10-12-7-8-12)15(18)11-19-14-6-4-3-5-13(14)16/h3-6,12H,2,7-11H2,1H3. The molecule has 2 nitrogen and oxygen atoms in total. The molecule has 2 rings (SSSR count). The topological polar surface area (TPSA) is 20.3 Å². The van der Waals surface area contributed by atoms with Gasteiger partial charge in [0.05, 0.1) is 10.8 Å². The molecular weight excluding hydrogens is 278 g/mol. The van der Waals surface area contributed by atoms with Crippen LogP contribution in [0.5, 0.6) is 0 Å². The molecule has 0 heterocycles. The van der Waals surface area contributed by atoms with Crippen LogP contribution in [0.3, 0.4) is 0 Å². The second-order valence-corrected chi connectivity index (χ2v) is 6.43. The van der Waals surface area contributed by atoms with Gasteiger partial charge in [0, 0.05) is 18.0 Å². The van der Waals surface area contributed by atoms with E-state index in [2.05, 4.69) is 6.92 Å². The van der Waals surface area contributed by atoms with E-state index in [1.807, 2.05) is 29.2 Å². The summed E-state index contributed by atoms with van der Waals surface area (Å²) in [4.78, 5) is 15.2. The third-order valence-electron chi connectivity index (χ3n) is 3.21. The number of carbonyl (C=O) groups excluding carboxylic acids is 1. The fraction of sp³-hybridized carbons (Fsp3) is 0.533. The predicted octanol–water partition coefficient (Wildman–Crippen LogP) is 4.08. The molecule has 1 aromatic rings. The maximum absolute atomic E-state index is 12.2. The Labute approximate surface area is 124 Å². The van der Waals surface area contributed by atoms with Crippen LogP contribution in [0, 0.1) is 5.92 Å². The highest BCUT2D eigenvalue weighted by atomic mass is 35.5. The molecule has 1 aliphatic rings. The van der Waals surface area contributed by atoms with Gasteiger partial charge in [-0.25, -0.2) is 0 Å². The Morgan fingerprint density at radius 1 is 1.42 bits per heavy atom. The maximum atomic E-state index is 12.2.